The van der Waals surface area contributed by atoms with Gasteiger partial charge in [0.1, 0.15) is 23.9 Å². The van der Waals surface area contributed by atoms with E-state index in [0.717, 1.165) is 40.3 Å². The fraction of sp³-hybridized carbons (Fsp3) is 0.429. The number of aliphatic hydroxyl groups is 1. The first kappa shape index (κ1) is 23.4. The van der Waals surface area contributed by atoms with Crippen molar-refractivity contribution < 1.29 is 19.7 Å². The fourth-order valence-electron chi connectivity index (χ4n) is 4.41. The van der Waals surface area contributed by atoms with E-state index < -0.39 is 0 Å². The lowest BCUT2D eigenvalue weighted by Crippen LogP contribution is -2.35. The van der Waals surface area contributed by atoms with E-state index in [-0.39, 0.29) is 12.4 Å². The second kappa shape index (κ2) is 11.4. The number of aliphatic hydroxyl groups excluding tert-OH is 1. The molecule has 0 atom stereocenters. The van der Waals surface area contributed by atoms with Crippen LogP contribution in [0.2, 0.25) is 0 Å². The van der Waals surface area contributed by atoms with Crippen molar-refractivity contribution in [2.24, 2.45) is 5.92 Å². The third-order valence-corrected chi connectivity index (χ3v) is 6.49. The normalized spacial score (nSPS) is 15.1. The summed E-state index contributed by atoms with van der Waals surface area (Å²) in [6.45, 7) is 6.95. The summed E-state index contributed by atoms with van der Waals surface area (Å²) >= 11 is 0. The van der Waals surface area contributed by atoms with Crippen LogP contribution >= 0.6 is 0 Å². The minimum absolute atomic E-state index is 0.106. The summed E-state index contributed by atoms with van der Waals surface area (Å²) in [5.74, 6) is 2.81. The molecule has 0 unspecified atom stereocenters. The van der Waals surface area contributed by atoms with E-state index in [4.69, 9.17) is 14.6 Å². The van der Waals surface area contributed by atoms with Crippen molar-refractivity contribution in [1.29, 1.82) is 0 Å². The summed E-state index contributed by atoms with van der Waals surface area (Å²) in [6.07, 6.45) is 3.88. The van der Waals surface area contributed by atoms with Gasteiger partial charge in [0.05, 0.1) is 6.61 Å². The van der Waals surface area contributed by atoms with Gasteiger partial charge in [-0.2, -0.15) is 0 Å². The number of phenols is 1. The van der Waals surface area contributed by atoms with E-state index in [1.165, 1.54) is 31.5 Å². The second-order valence-electron chi connectivity index (χ2n) is 9.07. The minimum atomic E-state index is 0.106. The zero-order valence-electron chi connectivity index (χ0n) is 19.5. The summed E-state index contributed by atoms with van der Waals surface area (Å²) in [4.78, 5) is 2.49. The molecule has 1 fully saturated rings. The molecule has 176 valence electrons. The van der Waals surface area contributed by atoms with Gasteiger partial charge in [-0.3, -0.25) is 4.90 Å². The van der Waals surface area contributed by atoms with E-state index in [1.807, 2.05) is 30.3 Å². The van der Waals surface area contributed by atoms with E-state index in [1.54, 1.807) is 12.1 Å². The first-order valence-corrected chi connectivity index (χ1v) is 12.0. The monoisotopic (exact) mass is 449 g/mol. The lowest BCUT2D eigenvalue weighted by Gasteiger charge is -2.29. The number of hydrogen-bond acceptors (Lipinski definition) is 5. The molecule has 1 aliphatic heterocycles. The van der Waals surface area contributed by atoms with Crippen molar-refractivity contribution in [1.82, 2.24) is 4.90 Å². The highest BCUT2D eigenvalue weighted by molar-refractivity contribution is 5.89. The van der Waals surface area contributed by atoms with Crippen LogP contribution in [0.5, 0.6) is 17.2 Å². The van der Waals surface area contributed by atoms with Crippen molar-refractivity contribution in [3.05, 3.63) is 65.7 Å². The van der Waals surface area contributed by atoms with Crippen LogP contribution in [0.4, 0.5) is 0 Å². The molecule has 5 nitrogen and oxygen atoms in total. The average molecular weight is 450 g/mol. The lowest BCUT2D eigenvalue weighted by molar-refractivity contribution is 0.160. The van der Waals surface area contributed by atoms with Crippen LogP contribution in [-0.4, -0.2) is 54.6 Å². The third-order valence-electron chi connectivity index (χ3n) is 6.49. The Labute approximate surface area is 196 Å². The predicted molar refractivity (Wildman–Crippen MR) is 132 cm³/mol. The summed E-state index contributed by atoms with van der Waals surface area (Å²) < 4.78 is 12.0. The Bertz CT molecular complexity index is 1030. The molecular weight excluding hydrogens is 414 g/mol. The van der Waals surface area contributed by atoms with Gasteiger partial charge in [0.15, 0.2) is 0 Å². The number of fused-ring (bicyclic) bond motifs is 1. The van der Waals surface area contributed by atoms with Crippen LogP contribution in [-0.2, 0) is 6.42 Å². The summed E-state index contributed by atoms with van der Waals surface area (Å²) in [5, 5.41) is 21.0. The van der Waals surface area contributed by atoms with Crippen molar-refractivity contribution >= 4 is 10.8 Å². The summed E-state index contributed by atoms with van der Waals surface area (Å²) in [6, 6.07) is 17.6. The number of rotatable bonds is 10. The van der Waals surface area contributed by atoms with Gasteiger partial charge in [-0.15, -0.1) is 0 Å². The van der Waals surface area contributed by atoms with Crippen molar-refractivity contribution in [3.8, 4) is 17.2 Å². The largest absolute Gasteiger partial charge is 0.508 e. The first-order valence-electron chi connectivity index (χ1n) is 12.0. The quantitative estimate of drug-likeness (QED) is 0.426. The maximum atomic E-state index is 9.87. The Kier molecular flexibility index (Phi) is 8.08. The molecule has 2 N–H and O–H groups in total. The molecule has 0 radical (unpaired) electrons. The predicted octanol–water partition coefficient (Wildman–Crippen LogP) is 5.01. The molecular formula is C28H35NO4. The topological polar surface area (TPSA) is 62.2 Å². The number of benzene rings is 3. The van der Waals surface area contributed by atoms with Crippen LogP contribution in [0.25, 0.3) is 10.8 Å². The maximum absolute atomic E-state index is 9.87. The van der Waals surface area contributed by atoms with Crippen LogP contribution in [0.15, 0.2) is 54.6 Å². The smallest absolute Gasteiger partial charge is 0.123 e. The highest BCUT2D eigenvalue weighted by atomic mass is 16.5. The Morgan fingerprint density at radius 2 is 1.73 bits per heavy atom. The molecule has 3 aromatic carbocycles. The molecule has 1 saturated heterocycles. The Morgan fingerprint density at radius 1 is 0.939 bits per heavy atom. The maximum Gasteiger partial charge on any atom is 0.123 e. The van der Waals surface area contributed by atoms with E-state index >= 15 is 0 Å². The molecule has 5 heteroatoms. The molecule has 1 heterocycles. The molecule has 0 spiro atoms. The first-order chi connectivity index (χ1) is 16.1. The van der Waals surface area contributed by atoms with Gasteiger partial charge in [-0.05, 0) is 78.5 Å². The number of likely N-dealkylation sites (tertiary alicyclic amines) is 1. The van der Waals surface area contributed by atoms with Gasteiger partial charge in [0.2, 0.25) is 0 Å². The molecule has 0 aliphatic carbocycles. The van der Waals surface area contributed by atoms with Crippen molar-refractivity contribution in [2.75, 3.05) is 39.5 Å². The summed E-state index contributed by atoms with van der Waals surface area (Å²) in [7, 11) is 0. The van der Waals surface area contributed by atoms with E-state index in [2.05, 4.69) is 24.0 Å². The van der Waals surface area contributed by atoms with Gasteiger partial charge >= 0.3 is 0 Å². The third kappa shape index (κ3) is 6.40. The second-order valence-corrected chi connectivity index (χ2v) is 9.07. The van der Waals surface area contributed by atoms with E-state index in [9.17, 15) is 5.11 Å². The number of hydrogen-bond donors (Lipinski definition) is 2. The number of phenolic OH excluding ortho intramolecular Hbond substituents is 1. The van der Waals surface area contributed by atoms with Crippen molar-refractivity contribution in [2.45, 2.75) is 32.6 Å². The van der Waals surface area contributed by atoms with Gasteiger partial charge in [-0.25, -0.2) is 0 Å². The number of aromatic hydroxyl groups is 1. The SMILES string of the molecule is CC1CCN(CCOc2ccc(Cc3c(OCCCO)ccc4cc(O)ccc34)cc2)CC1. The molecule has 3 aromatic rings. The molecule has 4 rings (SSSR count). The van der Waals surface area contributed by atoms with Gasteiger partial charge in [0.25, 0.3) is 0 Å². The van der Waals surface area contributed by atoms with Gasteiger partial charge < -0.3 is 19.7 Å². The molecule has 0 saturated carbocycles. The minimum Gasteiger partial charge on any atom is -0.508 e. The molecule has 1 aliphatic rings. The molecule has 0 aromatic heterocycles. The number of ether oxygens (including phenoxy) is 2. The number of piperidine rings is 1. The Balaban J connectivity index is 1.42. The zero-order chi connectivity index (χ0) is 23.0. The van der Waals surface area contributed by atoms with Crippen molar-refractivity contribution in [3.63, 3.8) is 0 Å². The molecule has 0 amide bonds. The Morgan fingerprint density at radius 3 is 2.48 bits per heavy atom. The van der Waals surface area contributed by atoms with Crippen LogP contribution < -0.4 is 9.47 Å². The molecule has 0 bridgehead atoms. The van der Waals surface area contributed by atoms with Gasteiger partial charge in [-0.1, -0.05) is 31.2 Å². The van der Waals surface area contributed by atoms with Crippen LogP contribution in [0.3, 0.4) is 0 Å². The summed E-state index contributed by atoms with van der Waals surface area (Å²) in [5.41, 5.74) is 2.25. The average Bonchev–Trinajstić information content (AvgIpc) is 2.82. The standard InChI is InChI=1S/C28H35NO4/c1-21-11-13-29(14-12-21)15-18-32-25-7-3-22(4-8-25)19-27-26-9-6-24(31)20-23(26)5-10-28(27)33-17-2-16-30/h3-10,20-21,30-31H,2,11-19H2,1H3. The number of nitrogens with zero attached hydrogens (tertiary/aromatic N) is 1. The lowest BCUT2D eigenvalue weighted by atomic mass is 9.97. The van der Waals surface area contributed by atoms with E-state index in [0.29, 0.717) is 26.1 Å². The van der Waals surface area contributed by atoms with Gasteiger partial charge in [0, 0.05) is 31.6 Å². The fourth-order valence-corrected chi connectivity index (χ4v) is 4.41. The zero-order valence-corrected chi connectivity index (χ0v) is 19.5. The molecule has 33 heavy (non-hydrogen) atoms. The highest BCUT2D eigenvalue weighted by Crippen LogP contribution is 2.32. The Hall–Kier alpha value is -2.76. The highest BCUT2D eigenvalue weighted by Gasteiger charge is 2.15. The van der Waals surface area contributed by atoms with Crippen LogP contribution in [0.1, 0.15) is 37.3 Å². The van der Waals surface area contributed by atoms with Crippen LogP contribution in [0, 0.1) is 5.92 Å².